The highest BCUT2D eigenvalue weighted by Gasteiger charge is 2.16. The second kappa shape index (κ2) is 4.72. The molecule has 0 aromatic carbocycles. The Morgan fingerprint density at radius 1 is 1.47 bits per heavy atom. The third-order valence-electron chi connectivity index (χ3n) is 2.40. The Labute approximate surface area is 88.7 Å². The van der Waals surface area contributed by atoms with E-state index >= 15 is 0 Å². The lowest BCUT2D eigenvalue weighted by Gasteiger charge is -2.27. The van der Waals surface area contributed by atoms with E-state index in [1.165, 1.54) is 0 Å². The Morgan fingerprint density at radius 3 is 2.87 bits per heavy atom. The maximum atomic E-state index is 4.76. The molecular formula is C10H13N4O. The van der Waals surface area contributed by atoms with E-state index in [9.17, 15) is 0 Å². The first-order chi connectivity index (χ1) is 7.40. The van der Waals surface area contributed by atoms with E-state index in [2.05, 4.69) is 26.4 Å². The SMILES string of the molecule is CON=C1CCN(c2cc[c]nn2)CC1. The summed E-state index contributed by atoms with van der Waals surface area (Å²) in [6.07, 6.45) is 4.52. The molecule has 5 heteroatoms. The summed E-state index contributed by atoms with van der Waals surface area (Å²) in [5, 5.41) is 11.7. The van der Waals surface area contributed by atoms with E-state index in [-0.39, 0.29) is 0 Å². The van der Waals surface area contributed by atoms with Gasteiger partial charge in [0.1, 0.15) is 13.3 Å². The average molecular weight is 205 g/mol. The van der Waals surface area contributed by atoms with Crippen LogP contribution in [0.25, 0.3) is 0 Å². The van der Waals surface area contributed by atoms with E-state index in [4.69, 9.17) is 4.84 Å². The molecule has 1 fully saturated rings. The van der Waals surface area contributed by atoms with Crippen molar-refractivity contribution < 1.29 is 4.84 Å². The second-order valence-corrected chi connectivity index (χ2v) is 3.35. The van der Waals surface area contributed by atoms with Gasteiger partial charge < -0.3 is 9.74 Å². The Hall–Kier alpha value is -1.65. The minimum Gasteiger partial charge on any atom is -0.399 e. The summed E-state index contributed by atoms with van der Waals surface area (Å²) >= 11 is 0. The number of oxime groups is 1. The highest BCUT2D eigenvalue weighted by atomic mass is 16.6. The Kier molecular flexibility index (Phi) is 3.11. The first-order valence-corrected chi connectivity index (χ1v) is 4.94. The minimum absolute atomic E-state index is 0.908. The molecule has 0 amide bonds. The topological polar surface area (TPSA) is 50.6 Å². The van der Waals surface area contributed by atoms with Gasteiger partial charge in [0.15, 0.2) is 5.82 Å². The summed E-state index contributed by atoms with van der Waals surface area (Å²) in [6, 6.07) is 3.70. The molecule has 5 nitrogen and oxygen atoms in total. The number of hydrogen-bond acceptors (Lipinski definition) is 5. The van der Waals surface area contributed by atoms with Gasteiger partial charge in [-0.1, -0.05) is 5.16 Å². The van der Waals surface area contributed by atoms with Gasteiger partial charge in [-0.25, -0.2) is 0 Å². The highest BCUT2D eigenvalue weighted by molar-refractivity contribution is 5.86. The lowest BCUT2D eigenvalue weighted by molar-refractivity contribution is 0.211. The van der Waals surface area contributed by atoms with Crippen LogP contribution in [0.4, 0.5) is 5.82 Å². The number of piperidine rings is 1. The molecule has 79 valence electrons. The van der Waals surface area contributed by atoms with Crippen LogP contribution in [0.5, 0.6) is 0 Å². The van der Waals surface area contributed by atoms with Crippen LogP contribution in [0.2, 0.25) is 0 Å². The van der Waals surface area contributed by atoms with Gasteiger partial charge in [-0.2, -0.15) is 0 Å². The van der Waals surface area contributed by atoms with E-state index < -0.39 is 0 Å². The van der Waals surface area contributed by atoms with Crippen LogP contribution in [0, 0.1) is 6.20 Å². The lowest BCUT2D eigenvalue weighted by atomic mass is 10.1. The van der Waals surface area contributed by atoms with Crippen LogP contribution in [0.1, 0.15) is 12.8 Å². The normalized spacial score (nSPS) is 16.3. The summed E-state index contributed by atoms with van der Waals surface area (Å²) in [5.41, 5.74) is 1.12. The molecule has 0 saturated carbocycles. The van der Waals surface area contributed by atoms with Gasteiger partial charge in [-0.05, 0) is 12.1 Å². The van der Waals surface area contributed by atoms with Crippen molar-refractivity contribution in [3.63, 3.8) is 0 Å². The van der Waals surface area contributed by atoms with Gasteiger partial charge in [-0.15, -0.1) is 10.2 Å². The molecule has 15 heavy (non-hydrogen) atoms. The van der Waals surface area contributed by atoms with Crippen LogP contribution in [0.15, 0.2) is 17.3 Å². The number of anilines is 1. The first kappa shape index (κ1) is 9.89. The molecule has 1 saturated heterocycles. The van der Waals surface area contributed by atoms with Crippen molar-refractivity contribution in [3.05, 3.63) is 18.3 Å². The van der Waals surface area contributed by atoms with E-state index in [0.717, 1.165) is 37.5 Å². The molecule has 0 unspecified atom stereocenters. The molecule has 2 heterocycles. The van der Waals surface area contributed by atoms with Gasteiger partial charge in [0, 0.05) is 25.9 Å². The molecule has 1 aliphatic rings. The summed E-state index contributed by atoms with van der Waals surface area (Å²) in [5.74, 6) is 0.908. The van der Waals surface area contributed by atoms with Crippen molar-refractivity contribution in [3.8, 4) is 0 Å². The van der Waals surface area contributed by atoms with Crippen LogP contribution in [-0.2, 0) is 4.84 Å². The summed E-state index contributed by atoms with van der Waals surface area (Å²) in [7, 11) is 1.58. The monoisotopic (exact) mass is 205 g/mol. The first-order valence-electron chi connectivity index (χ1n) is 4.94. The zero-order valence-corrected chi connectivity index (χ0v) is 8.68. The quantitative estimate of drug-likeness (QED) is 0.672. The number of hydrogen-bond donors (Lipinski definition) is 0. The van der Waals surface area contributed by atoms with Gasteiger partial charge in [0.05, 0.1) is 5.71 Å². The molecule has 1 aliphatic heterocycles. The predicted molar refractivity (Wildman–Crippen MR) is 56.8 cm³/mol. The molecule has 1 aromatic rings. The number of nitrogens with zero attached hydrogens (tertiary/aromatic N) is 4. The van der Waals surface area contributed by atoms with Crippen molar-refractivity contribution in [1.82, 2.24) is 10.2 Å². The maximum Gasteiger partial charge on any atom is 0.151 e. The van der Waals surface area contributed by atoms with Gasteiger partial charge in [0.2, 0.25) is 0 Å². The summed E-state index contributed by atoms with van der Waals surface area (Å²) < 4.78 is 0. The van der Waals surface area contributed by atoms with Crippen molar-refractivity contribution in [1.29, 1.82) is 0 Å². The number of aromatic nitrogens is 2. The van der Waals surface area contributed by atoms with Crippen molar-refractivity contribution in [2.24, 2.45) is 5.16 Å². The number of rotatable bonds is 2. The fourth-order valence-corrected chi connectivity index (χ4v) is 1.64. The molecule has 1 aromatic heterocycles. The Bertz CT molecular complexity index is 329. The fourth-order valence-electron chi connectivity index (χ4n) is 1.64. The standard InChI is InChI=1S/C10H13N4O/c1-15-13-9-4-7-14(8-5-9)10-3-2-6-11-12-10/h2-3H,4-5,7-8H2,1H3. The van der Waals surface area contributed by atoms with E-state index in [0.29, 0.717) is 0 Å². The Balaban J connectivity index is 1.97. The van der Waals surface area contributed by atoms with Crippen molar-refractivity contribution in [2.75, 3.05) is 25.1 Å². The molecule has 0 N–H and O–H groups in total. The second-order valence-electron chi connectivity index (χ2n) is 3.35. The molecule has 0 aliphatic carbocycles. The smallest absolute Gasteiger partial charge is 0.151 e. The van der Waals surface area contributed by atoms with Crippen LogP contribution < -0.4 is 4.90 Å². The average Bonchev–Trinajstić information content (AvgIpc) is 2.32. The van der Waals surface area contributed by atoms with Crippen LogP contribution >= 0.6 is 0 Å². The van der Waals surface area contributed by atoms with E-state index in [1.807, 2.05) is 6.07 Å². The third-order valence-corrected chi connectivity index (χ3v) is 2.40. The van der Waals surface area contributed by atoms with E-state index in [1.54, 1.807) is 13.2 Å². The molecule has 1 radical (unpaired) electrons. The molecule has 2 rings (SSSR count). The van der Waals surface area contributed by atoms with Crippen LogP contribution in [-0.4, -0.2) is 36.1 Å². The maximum absolute atomic E-state index is 4.76. The van der Waals surface area contributed by atoms with Crippen molar-refractivity contribution >= 4 is 11.5 Å². The molecule has 0 atom stereocenters. The molecule has 0 bridgehead atoms. The summed E-state index contributed by atoms with van der Waals surface area (Å²) in [6.45, 7) is 1.84. The van der Waals surface area contributed by atoms with Gasteiger partial charge in [-0.3, -0.25) is 0 Å². The molecular weight excluding hydrogens is 192 g/mol. The zero-order valence-electron chi connectivity index (χ0n) is 8.68. The minimum atomic E-state index is 0.908. The third kappa shape index (κ3) is 2.43. The van der Waals surface area contributed by atoms with Crippen molar-refractivity contribution in [2.45, 2.75) is 12.8 Å². The lowest BCUT2D eigenvalue weighted by Crippen LogP contribution is -2.34. The largest absolute Gasteiger partial charge is 0.399 e. The van der Waals surface area contributed by atoms with Gasteiger partial charge >= 0.3 is 0 Å². The molecule has 0 spiro atoms. The predicted octanol–water partition coefficient (Wildman–Crippen LogP) is 0.879. The Morgan fingerprint density at radius 2 is 2.27 bits per heavy atom. The fraction of sp³-hybridized carbons (Fsp3) is 0.500. The zero-order chi connectivity index (χ0) is 10.5. The highest BCUT2D eigenvalue weighted by Crippen LogP contribution is 2.14. The summed E-state index contributed by atoms with van der Waals surface area (Å²) in [4.78, 5) is 6.95. The van der Waals surface area contributed by atoms with Gasteiger partial charge in [0.25, 0.3) is 0 Å². The van der Waals surface area contributed by atoms with Crippen LogP contribution in [0.3, 0.4) is 0 Å².